The molecule has 0 spiro atoms. The second kappa shape index (κ2) is 30.0. The number of hydrogen-bond acceptors (Lipinski definition) is 14. The molecule has 0 N–H and O–H groups in total. The van der Waals surface area contributed by atoms with E-state index in [2.05, 4.69) is 186 Å². The monoisotopic (exact) mass is 1710 g/mol. The van der Waals surface area contributed by atoms with Crippen LogP contribution in [0.2, 0.25) is 0 Å². The van der Waals surface area contributed by atoms with Gasteiger partial charge in [0.2, 0.25) is 0 Å². The van der Waals surface area contributed by atoms with Crippen LogP contribution in [-0.4, -0.2) is 73.1 Å². The van der Waals surface area contributed by atoms with Gasteiger partial charge in [-0.3, -0.25) is 39.0 Å². The number of halogens is 1. The van der Waals surface area contributed by atoms with Crippen molar-refractivity contribution >= 4 is 103 Å². The molecule has 0 bridgehead atoms. The van der Waals surface area contributed by atoms with Gasteiger partial charge in [-0.25, -0.2) is 24.9 Å². The van der Waals surface area contributed by atoms with Crippen LogP contribution in [-0.2, 0) is 33.9 Å². The molecule has 113 heavy (non-hydrogen) atoms. The van der Waals surface area contributed by atoms with Gasteiger partial charge in [0, 0.05) is 139 Å². The minimum atomic E-state index is 0. The zero-order chi connectivity index (χ0) is 74.4. The summed E-state index contributed by atoms with van der Waals surface area (Å²) in [6.07, 6.45) is 33.1. The van der Waals surface area contributed by atoms with E-state index in [0.29, 0.717) is 11.5 Å². The topological polar surface area (TPSA) is 189 Å². The molecule has 15 aromatic heterocycles. The molecule has 15 heterocycles. The smallest absolute Gasteiger partial charge is 0.509 e. The Morgan fingerprint density at radius 1 is 0.265 bits per heavy atom. The molecule has 2 aliphatic carbocycles. The van der Waals surface area contributed by atoms with Crippen LogP contribution in [0.15, 0.2) is 334 Å². The minimum absolute atomic E-state index is 0. The van der Waals surface area contributed by atoms with Crippen molar-refractivity contribution in [2.24, 2.45) is 0 Å². The third-order valence-corrected chi connectivity index (χ3v) is 20.6. The predicted molar refractivity (Wildman–Crippen MR) is 440 cm³/mol. The molecule has 0 fully saturated rings. The van der Waals surface area contributed by atoms with Gasteiger partial charge in [-0.2, -0.15) is 12.1 Å². The summed E-state index contributed by atoms with van der Waals surface area (Å²) < 4.78 is 28.3. The molecule has 0 amide bonds. The van der Waals surface area contributed by atoms with Crippen LogP contribution in [0, 0.1) is 12.1 Å². The van der Waals surface area contributed by atoms with Gasteiger partial charge in [-0.1, -0.05) is 53.5 Å². The van der Waals surface area contributed by atoms with E-state index in [4.69, 9.17) is 14.2 Å². The average molecular weight is 1710 g/mol. The van der Waals surface area contributed by atoms with Crippen LogP contribution in [0.4, 0.5) is 0 Å². The average Bonchev–Trinajstić information content (AvgIpc) is 1.60. The number of hydrogen-bond donors (Lipinski definition) is 0. The van der Waals surface area contributed by atoms with Gasteiger partial charge in [-0.15, -0.1) is 35.0 Å². The summed E-state index contributed by atoms with van der Waals surface area (Å²) in [5.41, 5.74) is 18.0. The standard InChI is InChI=1S/C32H20N6O.C32H18N6O.C24H16N2O.C5H4BrN.Pt/c2*1-3-13-35-31(5-1)37-27-17-21(7-9-23(27)25-11-15-33-19-29(25)37)39-22-8-10-24-26-12-16-34-20-30(26)38(28(24)18-22)32-6-2-4-14-36-32;1-3-21-15(9-17-13-25-7-5-23(17)21)11-19(1)27-20-2-4-22-16(12-20)10-18-14-26-8-6-24(18)22;6-5-3-1-2-4-7-5;/h1-20H;1-16,19-20H;1-8,11-14H,9-10H2;1-4H;/q;-2;;;+2. The van der Waals surface area contributed by atoms with Gasteiger partial charge >= 0.3 is 21.1 Å². The van der Waals surface area contributed by atoms with Crippen molar-refractivity contribution in [1.82, 2.24) is 73.1 Å². The van der Waals surface area contributed by atoms with Crippen LogP contribution in [0.1, 0.15) is 22.3 Å². The largest absolute Gasteiger partial charge is 2.00 e. The summed E-state index contributed by atoms with van der Waals surface area (Å²) >= 11 is 3.20. The summed E-state index contributed by atoms with van der Waals surface area (Å²) in [5, 5.41) is 8.72. The molecule has 18 nitrogen and oxygen atoms in total. The summed E-state index contributed by atoms with van der Waals surface area (Å²) in [6.45, 7) is 0. The molecule has 0 saturated carbocycles. The molecular formula is C93H58BrN15O3Pt. The van der Waals surface area contributed by atoms with Gasteiger partial charge in [0.1, 0.15) is 50.9 Å². The number of ether oxygens (including phenoxy) is 3. The van der Waals surface area contributed by atoms with Crippen LogP contribution in [0.25, 0.3) is 133 Å². The normalized spacial score (nSPS) is 11.6. The first-order chi connectivity index (χ1) is 55.4. The van der Waals surface area contributed by atoms with E-state index in [1.165, 1.54) is 44.5 Å². The second-order valence-electron chi connectivity index (χ2n) is 26.7. The maximum absolute atomic E-state index is 6.47. The first kappa shape index (κ1) is 69.2. The number of rotatable bonds is 10. The van der Waals surface area contributed by atoms with Crippen molar-refractivity contribution in [3.63, 3.8) is 0 Å². The Balaban J connectivity index is 0.000000110. The van der Waals surface area contributed by atoms with E-state index in [0.717, 1.165) is 151 Å². The molecule has 0 aliphatic heterocycles. The molecule has 0 saturated heterocycles. The fourth-order valence-corrected chi connectivity index (χ4v) is 15.6. The third kappa shape index (κ3) is 13.1. The van der Waals surface area contributed by atoms with Gasteiger partial charge in [0.05, 0.1) is 57.9 Å². The summed E-state index contributed by atoms with van der Waals surface area (Å²) in [6, 6.07) is 81.5. The van der Waals surface area contributed by atoms with Crippen molar-refractivity contribution in [3.8, 4) is 80.0 Å². The summed E-state index contributed by atoms with van der Waals surface area (Å²) in [5.74, 6) is 7.63. The number of aromatic nitrogens is 15. The van der Waals surface area contributed by atoms with E-state index in [-0.39, 0.29) is 21.1 Å². The first-order valence-corrected chi connectivity index (χ1v) is 37.0. The number of pyridine rings is 11. The molecule has 23 rings (SSSR count). The van der Waals surface area contributed by atoms with E-state index in [9.17, 15) is 0 Å². The van der Waals surface area contributed by atoms with E-state index < -0.39 is 0 Å². The van der Waals surface area contributed by atoms with Gasteiger partial charge in [-0.05, 0) is 217 Å². The van der Waals surface area contributed by atoms with Crippen molar-refractivity contribution < 1.29 is 35.3 Å². The molecular weight excluding hydrogens is 1650 g/mol. The van der Waals surface area contributed by atoms with E-state index in [1.54, 1.807) is 43.4 Å². The van der Waals surface area contributed by atoms with Crippen LogP contribution in [0.5, 0.6) is 34.5 Å². The molecule has 2 aliphatic rings. The van der Waals surface area contributed by atoms with Crippen molar-refractivity contribution in [1.29, 1.82) is 0 Å². The van der Waals surface area contributed by atoms with E-state index >= 15 is 0 Å². The van der Waals surface area contributed by atoms with Crippen LogP contribution in [0.3, 0.4) is 0 Å². The van der Waals surface area contributed by atoms with Crippen LogP contribution >= 0.6 is 15.9 Å². The molecule has 540 valence electrons. The molecule has 0 radical (unpaired) electrons. The Kier molecular flexibility index (Phi) is 18.3. The Hall–Kier alpha value is -14.3. The van der Waals surface area contributed by atoms with Gasteiger partial charge in [0.25, 0.3) is 0 Å². The van der Waals surface area contributed by atoms with Crippen molar-refractivity contribution in [3.05, 3.63) is 369 Å². The SMILES string of the molecule is Brc1ccccn1.[Pt+2].[c-]1c(Oc2[c-]c3c(cc2)c2ccncc2n3-c2ccccn2)ccc2c3ccncc3n(-c3ccccn3)c12.c1cc2c(cn1)Cc1cc(Oc3ccc4c(c3)Cc3cnccc3-4)ccc1-2.c1ccc(-n2c3cnccc3c3ccc(Oc4ccc5c6ccncc6n(-c6ccccn6)c5c4)cc32)nc1. The Labute approximate surface area is 668 Å². The van der Waals surface area contributed by atoms with Gasteiger partial charge < -0.3 is 23.3 Å². The molecule has 0 unspecified atom stereocenters. The molecule has 0 atom stereocenters. The Morgan fingerprint density at radius 2 is 0.593 bits per heavy atom. The maximum atomic E-state index is 6.47. The molecule has 21 aromatic rings. The quantitative estimate of drug-likeness (QED) is 0.0928. The number of nitrogens with zero attached hydrogens (tertiary/aromatic N) is 15. The molecule has 6 aromatic carbocycles. The molecule has 20 heteroatoms. The third-order valence-electron chi connectivity index (χ3n) is 20.1. The summed E-state index contributed by atoms with van der Waals surface area (Å²) in [4.78, 5) is 48.2. The summed E-state index contributed by atoms with van der Waals surface area (Å²) in [7, 11) is 0. The number of fused-ring (bicyclic) bond motifs is 18. The minimum Gasteiger partial charge on any atom is -0.509 e. The van der Waals surface area contributed by atoms with Gasteiger partial charge in [0.15, 0.2) is 0 Å². The zero-order valence-electron chi connectivity index (χ0n) is 59.7. The first-order valence-electron chi connectivity index (χ1n) is 36.2. The predicted octanol–water partition coefficient (Wildman–Crippen LogP) is 21.4. The fraction of sp³-hybridized carbons (Fsp3) is 0.0215. The fourth-order valence-electron chi connectivity index (χ4n) is 15.3. The zero-order valence-corrected chi connectivity index (χ0v) is 63.6. The van der Waals surface area contributed by atoms with Crippen molar-refractivity contribution in [2.75, 3.05) is 0 Å². The second-order valence-corrected chi connectivity index (χ2v) is 27.5. The Morgan fingerprint density at radius 3 is 0.973 bits per heavy atom. The Bertz CT molecular complexity index is 6430. The van der Waals surface area contributed by atoms with Crippen molar-refractivity contribution in [2.45, 2.75) is 12.8 Å². The van der Waals surface area contributed by atoms with Crippen LogP contribution < -0.4 is 14.2 Å². The number of benzene rings is 6. The maximum Gasteiger partial charge on any atom is 2.00 e. The van der Waals surface area contributed by atoms with E-state index in [1.807, 2.05) is 201 Å².